The standard InChI is InChI=1S/C13H13F3N4OS/c14-13(15,16)8-2-1-3-9(6-8)19-11(21)20-12-18-7-10(22-12)4-5-17/h1-3,6-7H,4-5,17H2,(H2,18,19,20,21). The van der Waals surface area contributed by atoms with Gasteiger partial charge in [-0.3, -0.25) is 5.32 Å². The van der Waals surface area contributed by atoms with Crippen LogP contribution in [0.15, 0.2) is 30.5 Å². The maximum Gasteiger partial charge on any atom is 0.416 e. The smallest absolute Gasteiger partial charge is 0.330 e. The van der Waals surface area contributed by atoms with Gasteiger partial charge >= 0.3 is 12.2 Å². The third-order valence-electron chi connectivity index (χ3n) is 2.61. The summed E-state index contributed by atoms with van der Waals surface area (Å²) in [5.41, 5.74) is 4.63. The lowest BCUT2D eigenvalue weighted by Gasteiger charge is -2.09. The number of nitrogens with zero attached hydrogens (tertiary/aromatic N) is 1. The van der Waals surface area contributed by atoms with Gasteiger partial charge in [-0.2, -0.15) is 13.2 Å². The first-order valence-electron chi connectivity index (χ1n) is 6.28. The molecule has 0 aliphatic carbocycles. The zero-order chi connectivity index (χ0) is 16.2. The minimum Gasteiger partial charge on any atom is -0.330 e. The molecule has 2 aromatic rings. The van der Waals surface area contributed by atoms with Crippen LogP contribution < -0.4 is 16.4 Å². The Morgan fingerprint density at radius 1 is 1.32 bits per heavy atom. The third-order valence-corrected chi connectivity index (χ3v) is 3.59. The molecule has 0 aliphatic heterocycles. The SMILES string of the molecule is NCCc1cnc(NC(=O)Nc2cccc(C(F)(F)F)c2)s1. The molecular formula is C13H13F3N4OS. The maximum absolute atomic E-state index is 12.6. The topological polar surface area (TPSA) is 80.0 Å². The van der Waals surface area contributed by atoms with Crippen LogP contribution in [0.25, 0.3) is 0 Å². The highest BCUT2D eigenvalue weighted by molar-refractivity contribution is 7.15. The number of nitrogens with one attached hydrogen (secondary N) is 2. The summed E-state index contributed by atoms with van der Waals surface area (Å²) < 4.78 is 37.7. The molecule has 9 heteroatoms. The minimum atomic E-state index is -4.46. The highest BCUT2D eigenvalue weighted by Crippen LogP contribution is 2.30. The summed E-state index contributed by atoms with van der Waals surface area (Å²) in [4.78, 5) is 16.6. The van der Waals surface area contributed by atoms with Crippen molar-refractivity contribution in [3.05, 3.63) is 40.9 Å². The molecule has 0 saturated carbocycles. The molecule has 1 heterocycles. The number of alkyl halides is 3. The van der Waals surface area contributed by atoms with Crippen LogP contribution in [0.5, 0.6) is 0 Å². The summed E-state index contributed by atoms with van der Waals surface area (Å²) in [5, 5.41) is 5.15. The van der Waals surface area contributed by atoms with E-state index in [0.29, 0.717) is 18.1 Å². The van der Waals surface area contributed by atoms with Crippen LogP contribution in [0.1, 0.15) is 10.4 Å². The molecule has 5 nitrogen and oxygen atoms in total. The Hall–Kier alpha value is -2.13. The highest BCUT2D eigenvalue weighted by Gasteiger charge is 2.30. The van der Waals surface area contributed by atoms with Gasteiger partial charge in [0.15, 0.2) is 5.13 Å². The molecule has 0 bridgehead atoms. The second-order valence-electron chi connectivity index (χ2n) is 4.33. The van der Waals surface area contributed by atoms with Crippen LogP contribution >= 0.6 is 11.3 Å². The fraction of sp³-hybridized carbons (Fsp3) is 0.231. The minimum absolute atomic E-state index is 0.0473. The van der Waals surface area contributed by atoms with E-state index >= 15 is 0 Å². The van der Waals surface area contributed by atoms with Crippen molar-refractivity contribution in [3.8, 4) is 0 Å². The molecule has 0 saturated heterocycles. The van der Waals surface area contributed by atoms with Crippen LogP contribution in [0.4, 0.5) is 28.8 Å². The van der Waals surface area contributed by atoms with E-state index in [4.69, 9.17) is 5.73 Å². The molecule has 22 heavy (non-hydrogen) atoms. The van der Waals surface area contributed by atoms with Crippen LogP contribution in [0.3, 0.4) is 0 Å². The van der Waals surface area contributed by atoms with E-state index in [9.17, 15) is 18.0 Å². The average molecular weight is 330 g/mol. The number of hydrogen-bond donors (Lipinski definition) is 3. The number of halogens is 3. The van der Waals surface area contributed by atoms with Gasteiger partial charge in [-0.1, -0.05) is 6.07 Å². The normalized spacial score (nSPS) is 11.3. The molecule has 0 unspecified atom stereocenters. The number of hydrogen-bond acceptors (Lipinski definition) is 4. The van der Waals surface area contributed by atoms with Gasteiger partial charge < -0.3 is 11.1 Å². The lowest BCUT2D eigenvalue weighted by molar-refractivity contribution is -0.137. The molecule has 118 valence electrons. The number of aromatic nitrogens is 1. The first kappa shape index (κ1) is 16.2. The Kier molecular flexibility index (Phi) is 4.99. The fourth-order valence-electron chi connectivity index (χ4n) is 1.66. The van der Waals surface area contributed by atoms with Crippen molar-refractivity contribution in [1.29, 1.82) is 0 Å². The highest BCUT2D eigenvalue weighted by atomic mass is 32.1. The number of carbonyl (C=O) groups excluding carboxylic acids is 1. The van der Waals surface area contributed by atoms with Gasteiger partial charge in [0.2, 0.25) is 0 Å². The van der Waals surface area contributed by atoms with Crippen molar-refractivity contribution in [2.45, 2.75) is 12.6 Å². The summed E-state index contributed by atoms with van der Waals surface area (Å²) in [6, 6.07) is 3.73. The Balaban J connectivity index is 1.99. The second-order valence-corrected chi connectivity index (χ2v) is 5.44. The molecular weight excluding hydrogens is 317 g/mol. The largest absolute Gasteiger partial charge is 0.416 e. The number of anilines is 2. The summed E-state index contributed by atoms with van der Waals surface area (Å²) in [6.07, 6.45) is -2.22. The van der Waals surface area contributed by atoms with Crippen molar-refractivity contribution in [3.63, 3.8) is 0 Å². The lowest BCUT2D eigenvalue weighted by atomic mass is 10.2. The van der Waals surface area contributed by atoms with Gasteiger partial charge in [0, 0.05) is 16.8 Å². The maximum atomic E-state index is 12.6. The van der Waals surface area contributed by atoms with Crippen molar-refractivity contribution in [2.24, 2.45) is 5.73 Å². The van der Waals surface area contributed by atoms with E-state index in [1.54, 1.807) is 6.20 Å². The molecule has 0 atom stereocenters. The van der Waals surface area contributed by atoms with E-state index in [2.05, 4.69) is 15.6 Å². The molecule has 1 aromatic heterocycles. The van der Waals surface area contributed by atoms with Crippen molar-refractivity contribution < 1.29 is 18.0 Å². The second kappa shape index (κ2) is 6.75. The quantitative estimate of drug-likeness (QED) is 0.804. The Morgan fingerprint density at radius 3 is 2.77 bits per heavy atom. The first-order valence-corrected chi connectivity index (χ1v) is 7.10. The third kappa shape index (κ3) is 4.43. The number of rotatable bonds is 4. The van der Waals surface area contributed by atoms with Crippen LogP contribution in [0, 0.1) is 0 Å². The summed E-state index contributed by atoms with van der Waals surface area (Å²) >= 11 is 1.26. The molecule has 0 fully saturated rings. The summed E-state index contributed by atoms with van der Waals surface area (Å²) in [5.74, 6) is 0. The average Bonchev–Trinajstić information content (AvgIpc) is 2.85. The Labute approximate surface area is 128 Å². The van der Waals surface area contributed by atoms with Crippen molar-refractivity contribution in [1.82, 2.24) is 4.98 Å². The molecule has 0 spiro atoms. The van der Waals surface area contributed by atoms with E-state index in [1.807, 2.05) is 0 Å². The molecule has 2 rings (SSSR count). The van der Waals surface area contributed by atoms with Gasteiger partial charge in [-0.25, -0.2) is 9.78 Å². The van der Waals surface area contributed by atoms with E-state index < -0.39 is 17.8 Å². The van der Waals surface area contributed by atoms with E-state index in [0.717, 1.165) is 17.0 Å². The van der Waals surface area contributed by atoms with Crippen LogP contribution in [-0.4, -0.2) is 17.6 Å². The van der Waals surface area contributed by atoms with Crippen LogP contribution in [-0.2, 0) is 12.6 Å². The number of nitrogens with two attached hydrogens (primary N) is 1. The van der Waals surface area contributed by atoms with Crippen LogP contribution in [0.2, 0.25) is 0 Å². The van der Waals surface area contributed by atoms with Crippen molar-refractivity contribution >= 4 is 28.2 Å². The molecule has 0 aliphatic rings. The fourth-order valence-corrected chi connectivity index (χ4v) is 2.48. The Bertz CT molecular complexity index is 657. The summed E-state index contributed by atoms with van der Waals surface area (Å²) in [7, 11) is 0. The van der Waals surface area contributed by atoms with Gasteiger partial charge in [0.25, 0.3) is 0 Å². The molecule has 0 radical (unpaired) electrons. The van der Waals surface area contributed by atoms with Gasteiger partial charge in [-0.05, 0) is 31.2 Å². The number of carbonyl (C=O) groups is 1. The molecule has 2 amide bonds. The monoisotopic (exact) mass is 330 g/mol. The number of benzene rings is 1. The number of thiazole rings is 1. The van der Waals surface area contributed by atoms with Gasteiger partial charge in [-0.15, -0.1) is 11.3 Å². The predicted molar refractivity (Wildman–Crippen MR) is 79.0 cm³/mol. The van der Waals surface area contributed by atoms with E-state index in [1.165, 1.54) is 23.5 Å². The van der Waals surface area contributed by atoms with Gasteiger partial charge in [0.05, 0.1) is 5.56 Å². The zero-order valence-corrected chi connectivity index (χ0v) is 12.1. The lowest BCUT2D eigenvalue weighted by Crippen LogP contribution is -2.19. The van der Waals surface area contributed by atoms with E-state index in [-0.39, 0.29) is 5.69 Å². The number of urea groups is 1. The number of amides is 2. The molecule has 1 aromatic carbocycles. The Morgan fingerprint density at radius 2 is 2.09 bits per heavy atom. The zero-order valence-electron chi connectivity index (χ0n) is 11.3. The van der Waals surface area contributed by atoms with Gasteiger partial charge in [0.1, 0.15) is 0 Å². The predicted octanol–water partition coefficient (Wildman–Crippen LogP) is 3.31. The van der Waals surface area contributed by atoms with Crippen molar-refractivity contribution in [2.75, 3.05) is 17.2 Å². The summed E-state index contributed by atoms with van der Waals surface area (Å²) in [6.45, 7) is 0.470. The first-order chi connectivity index (χ1) is 10.4. The molecule has 4 N–H and O–H groups in total.